The average molecular weight is 464 g/mol. The highest BCUT2D eigenvalue weighted by Crippen LogP contribution is 2.39. The van der Waals surface area contributed by atoms with E-state index >= 15 is 0 Å². The van der Waals surface area contributed by atoms with Crippen LogP contribution in [0.2, 0.25) is 10.0 Å². The van der Waals surface area contributed by atoms with E-state index in [9.17, 15) is 25.6 Å². The lowest BCUT2D eigenvalue weighted by molar-refractivity contribution is -0.0552. The first-order valence-electron chi connectivity index (χ1n) is 6.91. The molecular weight excluding hydrogens is 451 g/mol. The van der Waals surface area contributed by atoms with Crippen LogP contribution in [0.1, 0.15) is 0 Å². The zero-order valence-corrected chi connectivity index (χ0v) is 17.2. The fourth-order valence-corrected chi connectivity index (χ4v) is 5.88. The van der Waals surface area contributed by atoms with E-state index in [1.54, 1.807) is 0 Å². The topological polar surface area (TPSA) is 98.6 Å². The van der Waals surface area contributed by atoms with Crippen LogP contribution in [0.4, 0.5) is 14.5 Å². The molecule has 0 aliphatic rings. The third-order valence-electron chi connectivity index (χ3n) is 3.16. The van der Waals surface area contributed by atoms with Gasteiger partial charge >= 0.3 is 6.61 Å². The molecule has 0 N–H and O–H groups in total. The van der Waals surface area contributed by atoms with Gasteiger partial charge in [0, 0.05) is 12.6 Å². The molecule has 0 bridgehead atoms. The average Bonchev–Trinajstić information content (AvgIpc) is 2.74. The van der Waals surface area contributed by atoms with Gasteiger partial charge in [0.1, 0.15) is 10.7 Å². The van der Waals surface area contributed by atoms with Gasteiger partial charge < -0.3 is 4.74 Å². The lowest BCUT2D eigenvalue weighted by Crippen LogP contribution is -2.35. The van der Waals surface area contributed by atoms with Crippen LogP contribution in [0.5, 0.6) is 5.88 Å². The second kappa shape index (κ2) is 7.41. The molecular formula is C13H13Cl2F2N3O5S2. The molecule has 2 rings (SSSR count). The Balaban J connectivity index is 2.69. The summed E-state index contributed by atoms with van der Waals surface area (Å²) in [6.45, 7) is -3.14. The zero-order valence-electron chi connectivity index (χ0n) is 14.0. The van der Waals surface area contributed by atoms with Crippen molar-refractivity contribution in [2.45, 2.75) is 6.61 Å². The van der Waals surface area contributed by atoms with Gasteiger partial charge in [0.2, 0.25) is 25.9 Å². The second-order valence-corrected chi connectivity index (χ2v) is 10.0. The Morgan fingerprint density at radius 3 is 2.19 bits per heavy atom. The van der Waals surface area contributed by atoms with Gasteiger partial charge in [0.25, 0.3) is 0 Å². The summed E-state index contributed by atoms with van der Waals surface area (Å²) < 4.78 is 78.3. The lowest BCUT2D eigenvalue weighted by Gasteiger charge is -2.21. The molecule has 0 saturated heterocycles. The van der Waals surface area contributed by atoms with Crippen molar-refractivity contribution >= 4 is 48.9 Å². The molecule has 2 aromatic rings. The quantitative estimate of drug-likeness (QED) is 0.652. The molecule has 8 nitrogen and oxygen atoms in total. The predicted molar refractivity (Wildman–Crippen MR) is 97.5 cm³/mol. The first-order valence-corrected chi connectivity index (χ1v) is 11.4. The van der Waals surface area contributed by atoms with Gasteiger partial charge in [0.05, 0.1) is 23.2 Å². The largest absolute Gasteiger partial charge is 0.416 e. The standard InChI is InChI=1S/C13H13Cl2F2N3O5S2/c1-19-12(25-13(16)17)10(15)11(18-19)7-4-5-8(14)9(6-7)20(26(2,21)22)27(3,23)24/h4-6,13H,1-3H3. The highest BCUT2D eigenvalue weighted by Gasteiger charge is 2.30. The number of ether oxygens (including phenoxy) is 1. The number of halogens is 4. The van der Waals surface area contributed by atoms with Crippen molar-refractivity contribution in [3.05, 3.63) is 28.2 Å². The second-order valence-electron chi connectivity index (χ2n) is 5.36. The summed E-state index contributed by atoms with van der Waals surface area (Å²) >= 11 is 12.0. The highest BCUT2D eigenvalue weighted by atomic mass is 35.5. The minimum Gasteiger partial charge on any atom is -0.416 e. The molecule has 0 amide bonds. The van der Waals surface area contributed by atoms with Crippen LogP contribution in [-0.4, -0.2) is 45.7 Å². The van der Waals surface area contributed by atoms with Crippen molar-refractivity contribution in [3.8, 4) is 17.1 Å². The molecule has 0 saturated carbocycles. The maximum Gasteiger partial charge on any atom is 0.388 e. The molecule has 0 aliphatic heterocycles. The first-order chi connectivity index (χ1) is 12.2. The molecule has 1 aromatic heterocycles. The maximum absolute atomic E-state index is 12.5. The minimum atomic E-state index is -4.25. The Hall–Kier alpha value is -1.63. The van der Waals surface area contributed by atoms with Gasteiger partial charge in [0.15, 0.2) is 0 Å². The third-order valence-corrected chi connectivity index (χ3v) is 7.04. The van der Waals surface area contributed by atoms with Gasteiger partial charge in [-0.05, 0) is 12.1 Å². The van der Waals surface area contributed by atoms with Crippen molar-refractivity contribution in [1.82, 2.24) is 9.78 Å². The lowest BCUT2D eigenvalue weighted by atomic mass is 10.1. The number of rotatable bonds is 6. The Kier molecular flexibility index (Phi) is 5.95. The normalized spacial score (nSPS) is 12.4. The number of sulfonamides is 2. The zero-order chi connectivity index (χ0) is 20.7. The van der Waals surface area contributed by atoms with Crippen LogP contribution in [0.25, 0.3) is 11.3 Å². The van der Waals surface area contributed by atoms with Gasteiger partial charge in [-0.15, -0.1) is 0 Å². The van der Waals surface area contributed by atoms with Gasteiger partial charge in [-0.3, -0.25) is 0 Å². The van der Waals surface area contributed by atoms with E-state index in [4.69, 9.17) is 23.2 Å². The molecule has 0 unspecified atom stereocenters. The van der Waals surface area contributed by atoms with Crippen LogP contribution in [0.15, 0.2) is 18.2 Å². The number of alkyl halides is 2. The number of benzene rings is 1. The maximum atomic E-state index is 12.5. The van der Waals surface area contributed by atoms with Crippen molar-refractivity contribution in [2.24, 2.45) is 7.05 Å². The Morgan fingerprint density at radius 2 is 1.70 bits per heavy atom. The van der Waals surface area contributed by atoms with Crippen LogP contribution in [0.3, 0.4) is 0 Å². The van der Waals surface area contributed by atoms with Crippen molar-refractivity contribution in [2.75, 3.05) is 16.2 Å². The summed E-state index contributed by atoms with van der Waals surface area (Å²) in [5.74, 6) is -0.416. The highest BCUT2D eigenvalue weighted by molar-refractivity contribution is 8.09. The number of aromatic nitrogens is 2. The summed E-state index contributed by atoms with van der Waals surface area (Å²) in [5, 5.41) is 3.51. The van der Waals surface area contributed by atoms with Crippen molar-refractivity contribution in [3.63, 3.8) is 0 Å². The molecule has 1 aromatic carbocycles. The van der Waals surface area contributed by atoms with E-state index in [2.05, 4.69) is 9.84 Å². The number of hydrogen-bond donors (Lipinski definition) is 0. The van der Waals surface area contributed by atoms with E-state index in [0.29, 0.717) is 12.5 Å². The molecule has 0 spiro atoms. The molecule has 150 valence electrons. The Bertz CT molecular complexity index is 1060. The van der Waals surface area contributed by atoms with E-state index in [1.165, 1.54) is 19.2 Å². The number of anilines is 1. The number of hydrogen-bond acceptors (Lipinski definition) is 6. The Labute approximate surface area is 164 Å². The van der Waals surface area contributed by atoms with Gasteiger partial charge in [-0.2, -0.15) is 17.6 Å². The van der Waals surface area contributed by atoms with Gasteiger partial charge in [-0.25, -0.2) is 21.5 Å². The number of nitrogens with zero attached hydrogens (tertiary/aromatic N) is 3. The summed E-state index contributed by atoms with van der Waals surface area (Å²) in [6, 6.07) is 3.72. The van der Waals surface area contributed by atoms with Crippen LogP contribution >= 0.6 is 23.2 Å². The minimum absolute atomic E-state index is 0.0327. The van der Waals surface area contributed by atoms with E-state index in [1.807, 2.05) is 0 Å². The summed E-state index contributed by atoms with van der Waals surface area (Å²) in [7, 11) is -7.19. The van der Waals surface area contributed by atoms with Crippen LogP contribution in [0, 0.1) is 0 Å². The fourth-order valence-electron chi connectivity index (χ4n) is 2.28. The first kappa shape index (κ1) is 21.7. The van der Waals surface area contributed by atoms with Gasteiger partial charge in [-0.1, -0.05) is 29.3 Å². The summed E-state index contributed by atoms with van der Waals surface area (Å²) in [6.07, 6.45) is 1.39. The summed E-state index contributed by atoms with van der Waals surface area (Å²) in [5.41, 5.74) is -0.261. The van der Waals surface area contributed by atoms with E-state index < -0.39 is 32.5 Å². The number of aryl methyl sites for hydroxylation is 1. The molecule has 27 heavy (non-hydrogen) atoms. The summed E-state index contributed by atoms with van der Waals surface area (Å²) in [4.78, 5) is 0. The molecule has 14 heteroatoms. The Morgan fingerprint density at radius 1 is 1.15 bits per heavy atom. The molecule has 0 fully saturated rings. The van der Waals surface area contributed by atoms with Crippen molar-refractivity contribution < 1.29 is 30.4 Å². The molecule has 0 atom stereocenters. The van der Waals surface area contributed by atoms with E-state index in [0.717, 1.165) is 10.7 Å². The smallest absolute Gasteiger partial charge is 0.388 e. The monoisotopic (exact) mass is 463 g/mol. The van der Waals surface area contributed by atoms with Crippen molar-refractivity contribution in [1.29, 1.82) is 0 Å². The van der Waals surface area contributed by atoms with Crippen LogP contribution in [-0.2, 0) is 27.1 Å². The third kappa shape index (κ3) is 4.62. The SMILES string of the molecule is Cn1nc(-c2ccc(Cl)c(N(S(C)(=O)=O)S(C)(=O)=O)c2)c(Cl)c1OC(F)F. The molecule has 0 radical (unpaired) electrons. The fraction of sp³-hybridized carbons (Fsp3) is 0.308. The van der Waals surface area contributed by atoms with Crippen LogP contribution < -0.4 is 8.45 Å². The molecule has 0 aliphatic carbocycles. The van der Waals surface area contributed by atoms with E-state index in [-0.39, 0.29) is 30.7 Å². The molecule has 1 heterocycles. The predicted octanol–water partition coefficient (Wildman–Crippen LogP) is 2.72.